The molecule has 0 spiro atoms. The van der Waals surface area contributed by atoms with Gasteiger partial charge >= 0.3 is 0 Å². The third kappa shape index (κ3) is 2.11. The van der Waals surface area contributed by atoms with E-state index in [1.807, 2.05) is 23.4 Å². The van der Waals surface area contributed by atoms with Gasteiger partial charge in [0.25, 0.3) is 0 Å². The minimum absolute atomic E-state index is 0.292. The van der Waals surface area contributed by atoms with E-state index in [0.717, 1.165) is 9.75 Å². The highest BCUT2D eigenvalue weighted by atomic mass is 32.1. The maximum Gasteiger partial charge on any atom is 0.183 e. The molecule has 1 aromatic carbocycles. The summed E-state index contributed by atoms with van der Waals surface area (Å²) in [6.07, 6.45) is 5.90. The van der Waals surface area contributed by atoms with E-state index < -0.39 is 0 Å². The van der Waals surface area contributed by atoms with Crippen LogP contribution in [-0.2, 0) is 0 Å². The fourth-order valence-corrected chi connectivity index (χ4v) is 2.95. The fraction of sp³-hybridized carbons (Fsp3) is 0.0714. The Morgan fingerprint density at radius 1 is 1.29 bits per heavy atom. The highest BCUT2D eigenvalue weighted by molar-refractivity contribution is 7.03. The Balaban J connectivity index is 1.80. The standard InChI is InChI=1S/C14H10FN5S/c15-11-3-1-2-9(6-11)13-14(18-19-17-13)20-5-4-12-10(8-20)7-16-21-12/h1-4,6-8H,5H2,(H,17,18,19). The fourth-order valence-electron chi connectivity index (χ4n) is 2.31. The van der Waals surface area contributed by atoms with Crippen LogP contribution in [-0.4, -0.2) is 26.3 Å². The number of halogens is 1. The Labute approximate surface area is 123 Å². The van der Waals surface area contributed by atoms with Gasteiger partial charge in [-0.25, -0.2) is 4.39 Å². The molecule has 3 aromatic rings. The molecule has 7 heteroatoms. The number of anilines is 1. The quantitative estimate of drug-likeness (QED) is 0.770. The van der Waals surface area contributed by atoms with Crippen molar-refractivity contribution < 1.29 is 4.39 Å². The zero-order chi connectivity index (χ0) is 14.2. The number of aromatic amines is 1. The molecule has 0 saturated heterocycles. The minimum Gasteiger partial charge on any atom is -0.325 e. The number of nitrogens with zero attached hydrogens (tertiary/aromatic N) is 4. The SMILES string of the molecule is Fc1cccc(-c2n[nH]nc2N2C=c3cnsc3=CC2)c1. The van der Waals surface area contributed by atoms with Crippen LogP contribution in [0.15, 0.2) is 30.5 Å². The summed E-state index contributed by atoms with van der Waals surface area (Å²) >= 11 is 1.47. The summed E-state index contributed by atoms with van der Waals surface area (Å²) < 4.78 is 18.7. The summed E-state index contributed by atoms with van der Waals surface area (Å²) in [5.74, 6) is 0.383. The van der Waals surface area contributed by atoms with Gasteiger partial charge in [-0.15, -0.1) is 5.10 Å². The van der Waals surface area contributed by atoms with Crippen LogP contribution in [0.1, 0.15) is 0 Å². The summed E-state index contributed by atoms with van der Waals surface area (Å²) in [6.45, 7) is 0.685. The Kier molecular flexibility index (Phi) is 2.78. The summed E-state index contributed by atoms with van der Waals surface area (Å²) in [5.41, 5.74) is 1.33. The number of aromatic nitrogens is 4. The predicted molar refractivity (Wildman–Crippen MR) is 79.4 cm³/mol. The van der Waals surface area contributed by atoms with Crippen molar-refractivity contribution in [3.63, 3.8) is 0 Å². The van der Waals surface area contributed by atoms with Crippen LogP contribution in [0.4, 0.5) is 10.2 Å². The van der Waals surface area contributed by atoms with Crippen LogP contribution in [0.3, 0.4) is 0 Å². The van der Waals surface area contributed by atoms with Gasteiger partial charge in [0.2, 0.25) is 0 Å². The lowest BCUT2D eigenvalue weighted by Crippen LogP contribution is -2.32. The summed E-state index contributed by atoms with van der Waals surface area (Å²) in [5, 5.41) is 12.0. The van der Waals surface area contributed by atoms with Crippen LogP contribution in [0.5, 0.6) is 0 Å². The molecule has 0 fully saturated rings. The third-order valence-corrected chi connectivity index (χ3v) is 4.11. The number of hydrogen-bond donors (Lipinski definition) is 1. The molecule has 2 aromatic heterocycles. The second-order valence-corrected chi connectivity index (χ2v) is 5.47. The smallest absolute Gasteiger partial charge is 0.183 e. The molecule has 0 amide bonds. The molecule has 0 unspecified atom stereocenters. The minimum atomic E-state index is -0.292. The molecule has 0 saturated carbocycles. The van der Waals surface area contributed by atoms with Crippen molar-refractivity contribution in [2.24, 2.45) is 0 Å². The average Bonchev–Trinajstić information content (AvgIpc) is 3.15. The van der Waals surface area contributed by atoms with Gasteiger partial charge in [-0.3, -0.25) is 0 Å². The van der Waals surface area contributed by atoms with Gasteiger partial charge in [0, 0.05) is 29.7 Å². The number of rotatable bonds is 2. The van der Waals surface area contributed by atoms with E-state index in [2.05, 4.69) is 25.9 Å². The first-order valence-electron chi connectivity index (χ1n) is 6.37. The zero-order valence-electron chi connectivity index (χ0n) is 10.8. The monoisotopic (exact) mass is 299 g/mol. The largest absolute Gasteiger partial charge is 0.325 e. The third-order valence-electron chi connectivity index (χ3n) is 3.30. The molecule has 0 aliphatic carbocycles. The number of nitrogens with one attached hydrogen (secondary N) is 1. The van der Waals surface area contributed by atoms with E-state index in [-0.39, 0.29) is 5.82 Å². The molecular weight excluding hydrogens is 289 g/mol. The molecule has 0 bridgehead atoms. The Bertz CT molecular complexity index is 913. The average molecular weight is 299 g/mol. The van der Waals surface area contributed by atoms with Crippen molar-refractivity contribution in [2.45, 2.75) is 0 Å². The molecule has 0 radical (unpaired) electrons. The topological polar surface area (TPSA) is 57.7 Å². The van der Waals surface area contributed by atoms with E-state index in [4.69, 9.17) is 0 Å². The Morgan fingerprint density at radius 3 is 3.14 bits per heavy atom. The summed E-state index contributed by atoms with van der Waals surface area (Å²) in [4.78, 5) is 1.97. The van der Waals surface area contributed by atoms with Crippen LogP contribution in [0, 0.1) is 5.82 Å². The molecule has 4 rings (SSSR count). The lowest BCUT2D eigenvalue weighted by molar-refractivity contribution is 0.628. The zero-order valence-corrected chi connectivity index (χ0v) is 11.6. The molecule has 0 atom stereocenters. The lowest BCUT2D eigenvalue weighted by atomic mass is 10.1. The van der Waals surface area contributed by atoms with E-state index in [1.54, 1.807) is 6.07 Å². The van der Waals surface area contributed by atoms with Crippen LogP contribution >= 0.6 is 11.5 Å². The van der Waals surface area contributed by atoms with Crippen molar-refractivity contribution in [3.05, 3.63) is 46.0 Å². The van der Waals surface area contributed by atoms with Crippen molar-refractivity contribution in [3.8, 4) is 11.3 Å². The maximum absolute atomic E-state index is 13.4. The van der Waals surface area contributed by atoms with Crippen molar-refractivity contribution >= 4 is 29.6 Å². The molecular formula is C14H10FN5S. The number of H-pyrrole nitrogens is 1. The summed E-state index contributed by atoms with van der Waals surface area (Å²) in [7, 11) is 0. The van der Waals surface area contributed by atoms with Crippen molar-refractivity contribution in [2.75, 3.05) is 11.4 Å². The molecule has 1 N–H and O–H groups in total. The second-order valence-electron chi connectivity index (χ2n) is 4.64. The highest BCUT2D eigenvalue weighted by Gasteiger charge is 2.17. The molecule has 21 heavy (non-hydrogen) atoms. The second kappa shape index (κ2) is 4.78. The number of benzene rings is 1. The van der Waals surface area contributed by atoms with E-state index in [0.29, 0.717) is 23.6 Å². The maximum atomic E-state index is 13.4. The van der Waals surface area contributed by atoms with Gasteiger partial charge in [-0.1, -0.05) is 12.1 Å². The molecule has 1 aliphatic rings. The van der Waals surface area contributed by atoms with Crippen LogP contribution in [0.25, 0.3) is 23.5 Å². The normalized spacial score (nSPS) is 13.5. The first-order chi connectivity index (χ1) is 10.3. The van der Waals surface area contributed by atoms with E-state index >= 15 is 0 Å². The molecule has 104 valence electrons. The lowest BCUT2D eigenvalue weighted by Gasteiger charge is -2.18. The molecule has 5 nitrogen and oxygen atoms in total. The van der Waals surface area contributed by atoms with Crippen LogP contribution < -0.4 is 14.7 Å². The van der Waals surface area contributed by atoms with Gasteiger partial charge in [0.15, 0.2) is 5.82 Å². The Morgan fingerprint density at radius 2 is 2.24 bits per heavy atom. The predicted octanol–water partition coefficient (Wildman–Crippen LogP) is 1.11. The highest BCUT2D eigenvalue weighted by Crippen LogP contribution is 2.27. The van der Waals surface area contributed by atoms with Crippen molar-refractivity contribution in [1.29, 1.82) is 0 Å². The Hall–Kier alpha value is -2.54. The van der Waals surface area contributed by atoms with Gasteiger partial charge in [-0.2, -0.15) is 14.7 Å². The number of fused-ring (bicyclic) bond motifs is 1. The van der Waals surface area contributed by atoms with E-state index in [9.17, 15) is 4.39 Å². The number of hydrogen-bond acceptors (Lipinski definition) is 5. The van der Waals surface area contributed by atoms with Gasteiger partial charge < -0.3 is 4.90 Å². The van der Waals surface area contributed by atoms with Crippen molar-refractivity contribution in [1.82, 2.24) is 19.8 Å². The van der Waals surface area contributed by atoms with Gasteiger partial charge in [0.1, 0.15) is 11.5 Å². The first kappa shape index (κ1) is 12.2. The molecule has 1 aliphatic heterocycles. The first-order valence-corrected chi connectivity index (χ1v) is 7.15. The van der Waals surface area contributed by atoms with Gasteiger partial charge in [-0.05, 0) is 29.7 Å². The van der Waals surface area contributed by atoms with Gasteiger partial charge in [0.05, 0.1) is 4.53 Å². The van der Waals surface area contributed by atoms with E-state index in [1.165, 1.54) is 23.7 Å². The molecule has 3 heterocycles. The van der Waals surface area contributed by atoms with Crippen LogP contribution in [0.2, 0.25) is 0 Å². The summed E-state index contributed by atoms with van der Waals surface area (Å²) in [6, 6.07) is 6.34.